The number of anilines is 1. The van der Waals surface area contributed by atoms with Gasteiger partial charge in [0.25, 0.3) is 10.0 Å². The first kappa shape index (κ1) is 24.1. The van der Waals surface area contributed by atoms with Gasteiger partial charge in [0, 0.05) is 0 Å². The zero-order chi connectivity index (χ0) is 24.0. The summed E-state index contributed by atoms with van der Waals surface area (Å²) in [6.45, 7) is 3.27. The first-order valence-corrected chi connectivity index (χ1v) is 11.9. The van der Waals surface area contributed by atoms with Gasteiger partial charge in [0.2, 0.25) is 5.91 Å². The highest BCUT2D eigenvalue weighted by Crippen LogP contribution is 2.30. The summed E-state index contributed by atoms with van der Waals surface area (Å²) >= 11 is 0. The van der Waals surface area contributed by atoms with Gasteiger partial charge in [0.15, 0.2) is 11.5 Å². The second-order valence-electron chi connectivity index (χ2n) is 7.51. The fourth-order valence-corrected chi connectivity index (χ4v) is 4.99. The van der Waals surface area contributed by atoms with E-state index >= 15 is 0 Å². The van der Waals surface area contributed by atoms with Crippen LogP contribution in [-0.4, -0.2) is 35.1 Å². The molecule has 0 aromatic heterocycles. The maximum atomic E-state index is 13.4. The van der Waals surface area contributed by atoms with Crippen LogP contribution in [-0.2, 0) is 14.8 Å². The molecule has 7 nitrogen and oxygen atoms in total. The number of rotatable bonds is 9. The zero-order valence-corrected chi connectivity index (χ0v) is 19.9. The molecule has 8 heteroatoms. The molecule has 0 heterocycles. The van der Waals surface area contributed by atoms with E-state index in [1.54, 1.807) is 56.7 Å². The molecular formula is C25H28N2O5S. The van der Waals surface area contributed by atoms with Gasteiger partial charge in [0.1, 0.15) is 6.54 Å². The van der Waals surface area contributed by atoms with Crippen molar-refractivity contribution < 1.29 is 22.7 Å². The molecule has 0 aliphatic rings. The van der Waals surface area contributed by atoms with Crippen molar-refractivity contribution in [2.75, 3.05) is 25.1 Å². The van der Waals surface area contributed by atoms with Crippen LogP contribution < -0.4 is 19.1 Å². The third-order valence-electron chi connectivity index (χ3n) is 5.29. The highest BCUT2D eigenvalue weighted by Gasteiger charge is 2.28. The van der Waals surface area contributed by atoms with Crippen molar-refractivity contribution in [2.24, 2.45) is 0 Å². The fourth-order valence-electron chi connectivity index (χ4n) is 3.49. The van der Waals surface area contributed by atoms with Gasteiger partial charge in [-0.2, -0.15) is 0 Å². The van der Waals surface area contributed by atoms with Gasteiger partial charge < -0.3 is 14.8 Å². The van der Waals surface area contributed by atoms with Gasteiger partial charge >= 0.3 is 0 Å². The van der Waals surface area contributed by atoms with Crippen LogP contribution in [0.15, 0.2) is 77.7 Å². The van der Waals surface area contributed by atoms with Crippen LogP contribution in [0.4, 0.5) is 5.69 Å². The molecule has 33 heavy (non-hydrogen) atoms. The molecular weight excluding hydrogens is 440 g/mol. The molecule has 1 amide bonds. The molecule has 0 aliphatic carbocycles. The lowest BCUT2D eigenvalue weighted by molar-refractivity contribution is -0.120. The maximum absolute atomic E-state index is 13.4. The third-order valence-corrected chi connectivity index (χ3v) is 7.06. The van der Waals surface area contributed by atoms with Gasteiger partial charge in [-0.1, -0.05) is 42.5 Å². The highest BCUT2D eigenvalue weighted by atomic mass is 32.2. The van der Waals surface area contributed by atoms with Crippen LogP contribution in [0.5, 0.6) is 11.5 Å². The smallest absolute Gasteiger partial charge is 0.264 e. The average Bonchev–Trinajstić information content (AvgIpc) is 2.83. The quantitative estimate of drug-likeness (QED) is 0.511. The fraction of sp³-hybridized carbons (Fsp3) is 0.240. The molecule has 0 fully saturated rings. The number of carbonyl (C=O) groups excluding carboxylic acids is 1. The number of hydrogen-bond donors (Lipinski definition) is 1. The van der Waals surface area contributed by atoms with E-state index in [2.05, 4.69) is 5.32 Å². The van der Waals surface area contributed by atoms with E-state index in [0.717, 1.165) is 15.4 Å². The van der Waals surface area contributed by atoms with Crippen LogP contribution >= 0.6 is 0 Å². The van der Waals surface area contributed by atoms with Gasteiger partial charge in [0.05, 0.1) is 30.8 Å². The van der Waals surface area contributed by atoms with Crippen molar-refractivity contribution in [3.63, 3.8) is 0 Å². The first-order chi connectivity index (χ1) is 15.8. The molecule has 0 bridgehead atoms. The standard InChI is InChI=1S/C25H28N2O5S/c1-18-10-8-9-13-22(18)27(33(29,30)21-11-6-5-7-12-21)17-25(28)26-19(2)20-14-15-23(31-3)24(16-20)32-4/h5-16,19H,17H2,1-4H3,(H,26,28)/t19-/m0/s1. The Morgan fingerprint density at radius 3 is 2.21 bits per heavy atom. The summed E-state index contributed by atoms with van der Waals surface area (Å²) in [5, 5.41) is 2.89. The first-order valence-electron chi connectivity index (χ1n) is 10.4. The lowest BCUT2D eigenvalue weighted by Crippen LogP contribution is -2.41. The van der Waals surface area contributed by atoms with Gasteiger partial charge in [-0.15, -0.1) is 0 Å². The Morgan fingerprint density at radius 2 is 1.58 bits per heavy atom. The summed E-state index contributed by atoms with van der Waals surface area (Å²) in [5.41, 5.74) is 2.00. The molecule has 0 saturated heterocycles. The number of carbonyl (C=O) groups is 1. The Bertz CT molecular complexity index is 1210. The van der Waals surface area contributed by atoms with Crippen LogP contribution in [0, 0.1) is 6.92 Å². The largest absolute Gasteiger partial charge is 0.493 e. The number of amides is 1. The molecule has 3 rings (SSSR count). The summed E-state index contributed by atoms with van der Waals surface area (Å²) in [6.07, 6.45) is 0. The third kappa shape index (κ3) is 5.46. The number of nitrogens with zero attached hydrogens (tertiary/aromatic N) is 1. The SMILES string of the molecule is COc1ccc([C@H](C)NC(=O)CN(c2ccccc2C)S(=O)(=O)c2ccccc2)cc1OC. The number of benzene rings is 3. The van der Waals surface area contributed by atoms with Crippen molar-refractivity contribution in [3.05, 3.63) is 83.9 Å². The Kier molecular flexibility index (Phi) is 7.60. The molecule has 1 atom stereocenters. The van der Waals surface area contributed by atoms with Gasteiger partial charge in [-0.05, 0) is 55.3 Å². The van der Waals surface area contributed by atoms with Crippen molar-refractivity contribution in [1.82, 2.24) is 5.32 Å². The second kappa shape index (κ2) is 10.4. The lowest BCUT2D eigenvalue weighted by Gasteiger charge is -2.26. The Balaban J connectivity index is 1.87. The average molecular weight is 469 g/mol. The van der Waals surface area contributed by atoms with E-state index in [-0.39, 0.29) is 17.5 Å². The van der Waals surface area contributed by atoms with Crippen LogP contribution in [0.25, 0.3) is 0 Å². The maximum Gasteiger partial charge on any atom is 0.264 e. The minimum absolute atomic E-state index is 0.119. The molecule has 0 aliphatic heterocycles. The number of aryl methyl sites for hydroxylation is 1. The van der Waals surface area contributed by atoms with Gasteiger partial charge in [-0.25, -0.2) is 8.42 Å². The summed E-state index contributed by atoms with van der Waals surface area (Å²) in [6, 6.07) is 20.2. The Morgan fingerprint density at radius 1 is 0.939 bits per heavy atom. The van der Waals surface area contributed by atoms with Crippen molar-refractivity contribution in [3.8, 4) is 11.5 Å². The molecule has 0 radical (unpaired) electrons. The van der Waals surface area contributed by atoms with Crippen molar-refractivity contribution in [2.45, 2.75) is 24.8 Å². The summed E-state index contributed by atoms with van der Waals surface area (Å²) in [4.78, 5) is 13.1. The Hall–Kier alpha value is -3.52. The van der Waals surface area contributed by atoms with E-state index in [4.69, 9.17) is 9.47 Å². The number of nitrogens with one attached hydrogen (secondary N) is 1. The monoisotopic (exact) mass is 468 g/mol. The molecule has 3 aromatic carbocycles. The normalized spacial score (nSPS) is 12.0. The minimum Gasteiger partial charge on any atom is -0.493 e. The molecule has 0 unspecified atom stereocenters. The molecule has 1 N–H and O–H groups in total. The summed E-state index contributed by atoms with van der Waals surface area (Å²) in [7, 11) is -0.863. The van der Waals surface area contributed by atoms with Gasteiger partial charge in [-0.3, -0.25) is 9.10 Å². The summed E-state index contributed by atoms with van der Waals surface area (Å²) < 4.78 is 38.6. The van der Waals surface area contributed by atoms with E-state index in [1.165, 1.54) is 12.1 Å². The minimum atomic E-state index is -3.96. The molecule has 0 saturated carbocycles. The van der Waals surface area contributed by atoms with Crippen molar-refractivity contribution >= 4 is 21.6 Å². The number of para-hydroxylation sites is 1. The zero-order valence-electron chi connectivity index (χ0n) is 19.1. The van der Waals surface area contributed by atoms with Crippen molar-refractivity contribution in [1.29, 1.82) is 0 Å². The summed E-state index contributed by atoms with van der Waals surface area (Å²) in [5.74, 6) is 0.698. The Labute approximate surface area is 195 Å². The van der Waals surface area contributed by atoms with E-state index in [9.17, 15) is 13.2 Å². The van der Waals surface area contributed by atoms with E-state index < -0.39 is 15.9 Å². The molecule has 0 spiro atoms. The number of ether oxygens (including phenoxy) is 2. The topological polar surface area (TPSA) is 84.9 Å². The predicted octanol–water partition coefficient (Wildman–Crippen LogP) is 4.08. The lowest BCUT2D eigenvalue weighted by atomic mass is 10.1. The van der Waals surface area contributed by atoms with E-state index in [1.807, 2.05) is 32.0 Å². The van der Waals surface area contributed by atoms with Crippen LogP contribution in [0.3, 0.4) is 0 Å². The number of methoxy groups -OCH3 is 2. The molecule has 3 aromatic rings. The number of sulfonamides is 1. The molecule has 174 valence electrons. The predicted molar refractivity (Wildman–Crippen MR) is 128 cm³/mol. The second-order valence-corrected chi connectivity index (χ2v) is 9.38. The van der Waals surface area contributed by atoms with E-state index in [0.29, 0.717) is 17.2 Å². The van der Waals surface area contributed by atoms with Crippen LogP contribution in [0.2, 0.25) is 0 Å². The van der Waals surface area contributed by atoms with Crippen LogP contribution in [0.1, 0.15) is 24.1 Å². The number of hydrogen-bond acceptors (Lipinski definition) is 5. The highest BCUT2D eigenvalue weighted by molar-refractivity contribution is 7.92.